The first-order chi connectivity index (χ1) is 12.2. The van der Waals surface area contributed by atoms with E-state index in [0.717, 1.165) is 24.5 Å². The zero-order chi connectivity index (χ0) is 17.9. The molecule has 1 heterocycles. The van der Waals surface area contributed by atoms with E-state index >= 15 is 0 Å². The Morgan fingerprint density at radius 3 is 2.44 bits per heavy atom. The predicted molar refractivity (Wildman–Crippen MR) is 103 cm³/mol. The first-order valence-corrected chi connectivity index (χ1v) is 10.4. The lowest BCUT2D eigenvalue weighted by Crippen LogP contribution is -2.14. The molecule has 1 aliphatic rings. The van der Waals surface area contributed by atoms with Crippen LogP contribution in [0.5, 0.6) is 5.75 Å². The molecule has 25 heavy (non-hydrogen) atoms. The molecule has 2 rings (SSSR count). The van der Waals surface area contributed by atoms with Crippen molar-refractivity contribution in [2.24, 2.45) is 5.92 Å². The zero-order valence-electron chi connectivity index (χ0n) is 16.1. The van der Waals surface area contributed by atoms with Gasteiger partial charge in [0.15, 0.2) is 0 Å². The Labute approximate surface area is 153 Å². The van der Waals surface area contributed by atoms with E-state index in [9.17, 15) is 4.79 Å². The van der Waals surface area contributed by atoms with Crippen LogP contribution in [0.15, 0.2) is 18.3 Å². The van der Waals surface area contributed by atoms with E-state index in [1.807, 2.05) is 6.07 Å². The fraction of sp³-hybridized carbons (Fsp3) is 0.727. The van der Waals surface area contributed by atoms with Crippen LogP contribution in [0.25, 0.3) is 0 Å². The van der Waals surface area contributed by atoms with E-state index in [0.29, 0.717) is 18.1 Å². The van der Waals surface area contributed by atoms with Crippen molar-refractivity contribution in [2.75, 3.05) is 0 Å². The quantitative estimate of drug-likeness (QED) is 0.363. The minimum atomic E-state index is -0.153. The molecule has 0 amide bonds. The number of ether oxygens (including phenoxy) is 1. The molecule has 0 N–H and O–H groups in total. The summed E-state index contributed by atoms with van der Waals surface area (Å²) in [6.45, 7) is 4.35. The highest BCUT2D eigenvalue weighted by Gasteiger charge is 2.23. The Kier molecular flexibility index (Phi) is 8.99. The van der Waals surface area contributed by atoms with E-state index in [1.165, 1.54) is 57.8 Å². The number of esters is 1. The molecular formula is C22H35NO2. The molecule has 0 atom stereocenters. The highest BCUT2D eigenvalue weighted by Crippen LogP contribution is 2.37. The van der Waals surface area contributed by atoms with Gasteiger partial charge in [-0.25, -0.2) is 0 Å². The van der Waals surface area contributed by atoms with E-state index in [4.69, 9.17) is 4.74 Å². The second-order valence-electron chi connectivity index (χ2n) is 7.56. The molecule has 1 saturated carbocycles. The van der Waals surface area contributed by atoms with Crippen LogP contribution < -0.4 is 4.74 Å². The molecule has 0 unspecified atom stereocenters. The van der Waals surface area contributed by atoms with Crippen molar-refractivity contribution in [1.29, 1.82) is 0 Å². The molecule has 0 aliphatic heterocycles. The van der Waals surface area contributed by atoms with Crippen molar-refractivity contribution in [3.05, 3.63) is 24.0 Å². The summed E-state index contributed by atoms with van der Waals surface area (Å²) in [6.07, 6.45) is 16.2. The van der Waals surface area contributed by atoms with Crippen molar-refractivity contribution in [2.45, 2.75) is 96.8 Å². The average Bonchev–Trinajstić information content (AvgIpc) is 2.65. The monoisotopic (exact) mass is 345 g/mol. The van der Waals surface area contributed by atoms with Crippen LogP contribution in [-0.2, 0) is 4.79 Å². The van der Waals surface area contributed by atoms with Crippen molar-refractivity contribution in [3.8, 4) is 5.75 Å². The third-order valence-corrected chi connectivity index (χ3v) is 5.46. The number of hydrogen-bond donors (Lipinski definition) is 0. The number of pyridine rings is 1. The first-order valence-electron chi connectivity index (χ1n) is 10.4. The van der Waals surface area contributed by atoms with Gasteiger partial charge in [0.05, 0.1) is 6.20 Å². The molecule has 3 nitrogen and oxygen atoms in total. The van der Waals surface area contributed by atoms with Gasteiger partial charge in [0.1, 0.15) is 5.75 Å². The van der Waals surface area contributed by atoms with Gasteiger partial charge in [-0.05, 0) is 50.2 Å². The third-order valence-electron chi connectivity index (χ3n) is 5.46. The summed E-state index contributed by atoms with van der Waals surface area (Å²) in [4.78, 5) is 16.2. The largest absolute Gasteiger partial charge is 0.425 e. The molecular weight excluding hydrogens is 310 g/mol. The molecule has 3 heteroatoms. The molecule has 1 aromatic heterocycles. The van der Waals surface area contributed by atoms with Crippen molar-refractivity contribution in [3.63, 3.8) is 0 Å². The smallest absolute Gasteiger partial charge is 0.311 e. The van der Waals surface area contributed by atoms with Gasteiger partial charge in [-0.3, -0.25) is 9.78 Å². The maximum atomic E-state index is 11.7. The van der Waals surface area contributed by atoms with Crippen LogP contribution >= 0.6 is 0 Å². The number of rotatable bonds is 10. The SMILES string of the molecule is CCCCCCC1CCC(c2ccc(OC(=O)CCCC)cn2)CC1. The Balaban J connectivity index is 1.73. The number of unbranched alkanes of at least 4 members (excludes halogenated alkanes) is 4. The third kappa shape index (κ3) is 7.17. The highest BCUT2D eigenvalue weighted by molar-refractivity contribution is 5.72. The van der Waals surface area contributed by atoms with Gasteiger partial charge in [0.25, 0.3) is 0 Å². The standard InChI is InChI=1S/C22H35NO2/c1-3-5-7-8-9-18-11-13-19(14-12-18)21-16-15-20(17-23-21)25-22(24)10-6-4-2/h15-19H,3-14H2,1-2H3. The molecule has 0 spiro atoms. The van der Waals surface area contributed by atoms with Gasteiger partial charge in [0.2, 0.25) is 0 Å². The minimum absolute atomic E-state index is 0.153. The summed E-state index contributed by atoms with van der Waals surface area (Å²) in [6, 6.07) is 3.96. The Morgan fingerprint density at radius 2 is 1.80 bits per heavy atom. The Morgan fingerprint density at radius 1 is 1.04 bits per heavy atom. The van der Waals surface area contributed by atoms with Gasteiger partial charge in [-0.1, -0.05) is 52.4 Å². The lowest BCUT2D eigenvalue weighted by molar-refractivity contribution is -0.134. The first kappa shape index (κ1) is 19.9. The fourth-order valence-corrected chi connectivity index (χ4v) is 3.80. The molecule has 140 valence electrons. The number of carbonyl (C=O) groups is 1. The molecule has 0 bridgehead atoms. The predicted octanol–water partition coefficient (Wildman–Crippen LogP) is 6.42. The molecule has 1 aliphatic carbocycles. The zero-order valence-corrected chi connectivity index (χ0v) is 16.1. The van der Waals surface area contributed by atoms with E-state index in [-0.39, 0.29) is 5.97 Å². The van der Waals surface area contributed by atoms with Crippen LogP contribution in [0.2, 0.25) is 0 Å². The van der Waals surface area contributed by atoms with Crippen LogP contribution in [0.3, 0.4) is 0 Å². The Hall–Kier alpha value is -1.38. The van der Waals surface area contributed by atoms with Crippen LogP contribution in [-0.4, -0.2) is 11.0 Å². The highest BCUT2D eigenvalue weighted by atomic mass is 16.5. The maximum absolute atomic E-state index is 11.7. The van der Waals surface area contributed by atoms with Gasteiger partial charge >= 0.3 is 5.97 Å². The van der Waals surface area contributed by atoms with Gasteiger partial charge in [-0.2, -0.15) is 0 Å². The maximum Gasteiger partial charge on any atom is 0.311 e. The van der Waals surface area contributed by atoms with E-state index < -0.39 is 0 Å². The lowest BCUT2D eigenvalue weighted by Gasteiger charge is -2.28. The second-order valence-corrected chi connectivity index (χ2v) is 7.56. The van der Waals surface area contributed by atoms with Gasteiger partial charge < -0.3 is 4.74 Å². The molecule has 0 saturated heterocycles. The molecule has 0 radical (unpaired) electrons. The number of hydrogen-bond acceptors (Lipinski definition) is 3. The van der Waals surface area contributed by atoms with Crippen LogP contribution in [0.4, 0.5) is 0 Å². The molecule has 1 aromatic rings. The topological polar surface area (TPSA) is 39.2 Å². The van der Waals surface area contributed by atoms with Crippen molar-refractivity contribution >= 4 is 5.97 Å². The van der Waals surface area contributed by atoms with Gasteiger partial charge in [0, 0.05) is 18.0 Å². The van der Waals surface area contributed by atoms with E-state index in [2.05, 4.69) is 24.9 Å². The number of nitrogens with zero attached hydrogens (tertiary/aromatic N) is 1. The second kappa shape index (κ2) is 11.3. The minimum Gasteiger partial charge on any atom is -0.425 e. The summed E-state index contributed by atoms with van der Waals surface area (Å²) < 4.78 is 5.34. The fourth-order valence-electron chi connectivity index (χ4n) is 3.80. The number of aromatic nitrogens is 1. The van der Waals surface area contributed by atoms with Crippen molar-refractivity contribution < 1.29 is 9.53 Å². The van der Waals surface area contributed by atoms with E-state index in [1.54, 1.807) is 6.20 Å². The lowest BCUT2D eigenvalue weighted by atomic mass is 9.78. The summed E-state index contributed by atoms with van der Waals surface area (Å²) in [5, 5.41) is 0. The van der Waals surface area contributed by atoms with Crippen LogP contribution in [0.1, 0.15) is 103 Å². The van der Waals surface area contributed by atoms with Crippen molar-refractivity contribution in [1.82, 2.24) is 4.98 Å². The molecule has 1 fully saturated rings. The summed E-state index contributed by atoms with van der Waals surface area (Å²) in [7, 11) is 0. The van der Waals surface area contributed by atoms with Crippen LogP contribution in [0, 0.1) is 5.92 Å². The summed E-state index contributed by atoms with van der Waals surface area (Å²) in [5.74, 6) is 1.93. The number of carbonyl (C=O) groups excluding carboxylic acids is 1. The molecule has 0 aromatic carbocycles. The van der Waals surface area contributed by atoms with Gasteiger partial charge in [-0.15, -0.1) is 0 Å². The normalized spacial score (nSPS) is 20.4. The summed E-state index contributed by atoms with van der Waals surface area (Å²) in [5.41, 5.74) is 1.16. The average molecular weight is 346 g/mol. The summed E-state index contributed by atoms with van der Waals surface area (Å²) >= 11 is 0. The Bertz CT molecular complexity index is 489.